The van der Waals surface area contributed by atoms with Gasteiger partial charge in [-0.05, 0) is 18.2 Å². The van der Waals surface area contributed by atoms with Gasteiger partial charge in [0.2, 0.25) is 0 Å². The molecule has 0 unspecified atom stereocenters. The van der Waals surface area contributed by atoms with Crippen molar-refractivity contribution in [2.45, 2.75) is 4.90 Å². The van der Waals surface area contributed by atoms with Gasteiger partial charge in [0.05, 0.1) is 15.6 Å². The predicted molar refractivity (Wildman–Crippen MR) is 43.8 cm³/mol. The molecule has 0 aliphatic carbocycles. The predicted octanol–water partition coefficient (Wildman–Crippen LogP) is -2.17. The molecule has 0 bridgehead atoms. The van der Waals surface area contributed by atoms with Crippen LogP contribution in [0.1, 0.15) is 0 Å². The topological polar surface area (TPSA) is 83.2 Å². The van der Waals surface area contributed by atoms with Crippen LogP contribution in [0.2, 0.25) is 5.02 Å². The summed E-state index contributed by atoms with van der Waals surface area (Å²) in [5, 5.41) is 0.224. The molecule has 1 aromatic carbocycles. The normalized spacial score (nSPS) is 10.6. The molecule has 4 nitrogen and oxygen atoms in total. The molecule has 0 radical (unpaired) electrons. The van der Waals surface area contributed by atoms with Gasteiger partial charge in [-0.3, -0.25) is 0 Å². The van der Waals surface area contributed by atoms with Crippen molar-refractivity contribution in [3.05, 3.63) is 23.2 Å². The number of nitrogens with two attached hydrogens (primary N) is 1. The van der Waals surface area contributed by atoms with Gasteiger partial charge in [0.25, 0.3) is 0 Å². The quantitative estimate of drug-likeness (QED) is 0.327. The maximum Gasteiger partial charge on any atom is 1.00 e. The molecule has 0 fully saturated rings. The first-order valence-electron chi connectivity index (χ1n) is 2.92. The minimum Gasteiger partial charge on any atom is -0.744 e. The molecule has 0 aliphatic heterocycles. The summed E-state index contributed by atoms with van der Waals surface area (Å²) < 4.78 is 31.3. The standard InChI is InChI=1S/C6H6ClNO3S.Li/c7-5-2-1-4(3-6(5)8)12(9,10)11;/h1-3H,8H2,(H,9,10,11);/q;+1/p-1. The van der Waals surface area contributed by atoms with Crippen molar-refractivity contribution < 1.29 is 31.8 Å². The van der Waals surface area contributed by atoms with Crippen LogP contribution >= 0.6 is 11.6 Å². The number of rotatable bonds is 1. The van der Waals surface area contributed by atoms with Crippen molar-refractivity contribution >= 4 is 27.4 Å². The van der Waals surface area contributed by atoms with Crippen molar-refractivity contribution in [2.75, 3.05) is 5.73 Å². The molecule has 0 aromatic heterocycles. The summed E-state index contributed by atoms with van der Waals surface area (Å²) in [5.41, 5.74) is 5.36. The number of hydrogen-bond acceptors (Lipinski definition) is 4. The van der Waals surface area contributed by atoms with Crippen molar-refractivity contribution in [2.24, 2.45) is 0 Å². The van der Waals surface area contributed by atoms with E-state index in [4.69, 9.17) is 17.3 Å². The Kier molecular flexibility index (Phi) is 4.29. The zero-order chi connectivity index (χ0) is 9.35. The van der Waals surface area contributed by atoms with Crippen LogP contribution in [-0.2, 0) is 10.1 Å². The second-order valence-electron chi connectivity index (χ2n) is 2.14. The van der Waals surface area contributed by atoms with Crippen molar-refractivity contribution in [1.29, 1.82) is 0 Å². The molecule has 0 heterocycles. The summed E-state index contributed by atoms with van der Waals surface area (Å²) in [7, 11) is -4.43. The van der Waals surface area contributed by atoms with E-state index in [9.17, 15) is 13.0 Å². The van der Waals surface area contributed by atoms with E-state index < -0.39 is 10.1 Å². The largest absolute Gasteiger partial charge is 1.00 e. The second kappa shape index (κ2) is 4.36. The average molecular weight is 214 g/mol. The van der Waals surface area contributed by atoms with Crippen LogP contribution in [-0.4, -0.2) is 13.0 Å². The summed E-state index contributed by atoms with van der Waals surface area (Å²) in [6.45, 7) is 0. The summed E-state index contributed by atoms with van der Waals surface area (Å²) in [5.74, 6) is 0. The minimum atomic E-state index is -4.43. The molecule has 0 spiro atoms. The number of benzene rings is 1. The molecule has 1 rings (SSSR count). The Balaban J connectivity index is 0.00000144. The fourth-order valence-electron chi connectivity index (χ4n) is 0.677. The molecule has 0 aliphatic rings. The first-order valence-corrected chi connectivity index (χ1v) is 4.71. The number of anilines is 1. The Morgan fingerprint density at radius 2 is 1.92 bits per heavy atom. The fraction of sp³-hybridized carbons (Fsp3) is 0. The van der Waals surface area contributed by atoms with Gasteiger partial charge in [-0.1, -0.05) is 11.6 Å². The molecule has 0 saturated carbocycles. The second-order valence-corrected chi connectivity index (χ2v) is 3.92. The Labute approximate surface area is 93.0 Å². The van der Waals surface area contributed by atoms with Crippen LogP contribution in [0.25, 0.3) is 0 Å². The number of halogens is 1. The van der Waals surface area contributed by atoms with E-state index in [1.807, 2.05) is 0 Å². The van der Waals surface area contributed by atoms with Gasteiger partial charge < -0.3 is 10.3 Å². The van der Waals surface area contributed by atoms with Gasteiger partial charge in [-0.25, -0.2) is 8.42 Å². The van der Waals surface area contributed by atoms with Crippen molar-refractivity contribution in [3.63, 3.8) is 0 Å². The SMILES string of the molecule is Nc1cc(S(=O)(=O)[O-])ccc1Cl.[Li+]. The molecule has 0 amide bonds. The maximum absolute atomic E-state index is 10.4. The summed E-state index contributed by atoms with van der Waals surface area (Å²) >= 11 is 5.51. The van der Waals surface area contributed by atoms with Crippen molar-refractivity contribution in [1.82, 2.24) is 0 Å². The Bertz CT molecular complexity index is 406. The third kappa shape index (κ3) is 3.22. The third-order valence-corrected chi connectivity index (χ3v) is 2.43. The van der Waals surface area contributed by atoms with E-state index in [1.54, 1.807) is 0 Å². The van der Waals surface area contributed by atoms with E-state index in [-0.39, 0.29) is 34.5 Å². The van der Waals surface area contributed by atoms with Crippen LogP contribution in [0.5, 0.6) is 0 Å². The first-order chi connectivity index (χ1) is 5.41. The van der Waals surface area contributed by atoms with Crippen LogP contribution < -0.4 is 24.6 Å². The molecule has 1 aromatic rings. The average Bonchev–Trinajstić information content (AvgIpc) is 1.92. The fourth-order valence-corrected chi connectivity index (χ4v) is 1.30. The van der Waals surface area contributed by atoms with Crippen molar-refractivity contribution in [3.8, 4) is 0 Å². The summed E-state index contributed by atoms with van der Waals surface area (Å²) in [6.07, 6.45) is 0. The number of hydrogen-bond donors (Lipinski definition) is 1. The van der Waals surface area contributed by atoms with Crippen LogP contribution in [0, 0.1) is 0 Å². The molecular formula is C6H5ClLiNO3S. The van der Waals surface area contributed by atoms with E-state index in [2.05, 4.69) is 0 Å². The van der Waals surface area contributed by atoms with Gasteiger partial charge in [-0.15, -0.1) is 0 Å². The molecule has 66 valence electrons. The molecule has 13 heavy (non-hydrogen) atoms. The van der Waals surface area contributed by atoms with Crippen LogP contribution in [0.4, 0.5) is 5.69 Å². The smallest absolute Gasteiger partial charge is 0.744 e. The van der Waals surface area contributed by atoms with Crippen LogP contribution in [0.15, 0.2) is 23.1 Å². The molecule has 0 atom stereocenters. The molecule has 0 saturated heterocycles. The Morgan fingerprint density at radius 1 is 1.38 bits per heavy atom. The van der Waals surface area contributed by atoms with E-state index in [1.165, 1.54) is 6.07 Å². The zero-order valence-electron chi connectivity index (χ0n) is 6.82. The van der Waals surface area contributed by atoms with Gasteiger partial charge in [0, 0.05) is 0 Å². The monoisotopic (exact) mass is 213 g/mol. The zero-order valence-corrected chi connectivity index (χ0v) is 8.39. The van der Waals surface area contributed by atoms with Gasteiger partial charge in [-0.2, -0.15) is 0 Å². The summed E-state index contributed by atoms with van der Waals surface area (Å²) in [4.78, 5) is -0.371. The Hall–Kier alpha value is -0.183. The van der Waals surface area contributed by atoms with Gasteiger partial charge >= 0.3 is 18.9 Å². The summed E-state index contributed by atoms with van der Waals surface area (Å²) in [6, 6.07) is 3.41. The first kappa shape index (κ1) is 12.8. The van der Waals surface area contributed by atoms with E-state index in [0.717, 1.165) is 12.1 Å². The minimum absolute atomic E-state index is 0. The molecule has 2 N–H and O–H groups in total. The van der Waals surface area contributed by atoms with Gasteiger partial charge in [0.15, 0.2) is 0 Å². The molecule has 7 heteroatoms. The van der Waals surface area contributed by atoms with Crippen LogP contribution in [0.3, 0.4) is 0 Å². The van der Waals surface area contributed by atoms with E-state index in [0.29, 0.717) is 0 Å². The van der Waals surface area contributed by atoms with Gasteiger partial charge in [0.1, 0.15) is 10.1 Å². The Morgan fingerprint density at radius 3 is 2.31 bits per heavy atom. The number of nitrogen functional groups attached to an aromatic ring is 1. The van der Waals surface area contributed by atoms with E-state index >= 15 is 0 Å². The third-order valence-electron chi connectivity index (χ3n) is 1.26. The molecular weight excluding hydrogens is 209 g/mol. The maximum atomic E-state index is 10.4.